The lowest BCUT2D eigenvalue weighted by Crippen LogP contribution is -2.39. The van der Waals surface area contributed by atoms with Crippen molar-refractivity contribution in [2.45, 2.75) is 25.5 Å². The molecule has 0 bridgehead atoms. The monoisotopic (exact) mass is 265 g/mol. The molecular weight excluding hydrogens is 250 g/mol. The molecule has 0 unspecified atom stereocenters. The van der Waals surface area contributed by atoms with Crippen molar-refractivity contribution in [3.05, 3.63) is 35.9 Å². The summed E-state index contributed by atoms with van der Waals surface area (Å²) in [4.78, 5) is 24.6. The highest BCUT2D eigenvalue weighted by Crippen LogP contribution is 2.20. The Morgan fingerprint density at radius 1 is 1.33 bits per heavy atom. The van der Waals surface area contributed by atoms with E-state index in [9.17, 15) is 9.59 Å². The molecule has 4 nitrogen and oxygen atoms in total. The number of amides is 1. The zero-order valence-electron chi connectivity index (χ0n) is 9.91. The number of thiol groups is 1. The zero-order chi connectivity index (χ0) is 13.0. The first-order chi connectivity index (χ1) is 8.68. The van der Waals surface area contributed by atoms with Crippen molar-refractivity contribution < 1.29 is 14.3 Å². The van der Waals surface area contributed by atoms with Crippen LogP contribution in [0.25, 0.3) is 0 Å². The van der Waals surface area contributed by atoms with Crippen molar-refractivity contribution in [3.8, 4) is 0 Å². The van der Waals surface area contributed by atoms with E-state index in [1.165, 1.54) is 4.90 Å². The van der Waals surface area contributed by atoms with Gasteiger partial charge in [0, 0.05) is 6.54 Å². The van der Waals surface area contributed by atoms with Crippen LogP contribution in [-0.2, 0) is 16.1 Å². The summed E-state index contributed by atoms with van der Waals surface area (Å²) in [5, 5.41) is -0.274. The molecule has 18 heavy (non-hydrogen) atoms. The molecular formula is C13H15NO3S. The standard InChI is InChI=1S/C13H15NO3S/c15-12(18)11-7-4-8-14(11)13(16)17-9-10-5-2-1-3-6-10/h1-3,5-6,11H,4,7-9H2,(H,15,18)/t11-/m0/s1. The zero-order valence-corrected chi connectivity index (χ0v) is 10.8. The molecule has 5 heteroatoms. The molecule has 1 aromatic carbocycles. The highest BCUT2D eigenvalue weighted by atomic mass is 32.1. The average Bonchev–Trinajstić information content (AvgIpc) is 2.86. The lowest BCUT2D eigenvalue weighted by Gasteiger charge is -2.21. The van der Waals surface area contributed by atoms with Crippen molar-refractivity contribution in [2.75, 3.05) is 6.54 Å². The third kappa shape index (κ3) is 3.04. The second kappa shape index (κ2) is 5.91. The second-order valence-electron chi connectivity index (χ2n) is 4.23. The Morgan fingerprint density at radius 2 is 2.06 bits per heavy atom. The van der Waals surface area contributed by atoms with E-state index in [-0.39, 0.29) is 11.7 Å². The molecule has 1 atom stereocenters. The Morgan fingerprint density at radius 3 is 2.72 bits per heavy atom. The Hall–Kier alpha value is -1.49. The second-order valence-corrected chi connectivity index (χ2v) is 4.67. The van der Waals surface area contributed by atoms with Gasteiger partial charge in [-0.3, -0.25) is 9.69 Å². The number of hydrogen-bond donors (Lipinski definition) is 1. The topological polar surface area (TPSA) is 46.6 Å². The van der Waals surface area contributed by atoms with Gasteiger partial charge in [0.15, 0.2) is 0 Å². The van der Waals surface area contributed by atoms with E-state index in [0.717, 1.165) is 12.0 Å². The van der Waals surface area contributed by atoms with Crippen molar-refractivity contribution >= 4 is 23.8 Å². The number of hydrogen-bond acceptors (Lipinski definition) is 3. The van der Waals surface area contributed by atoms with Crippen molar-refractivity contribution in [1.29, 1.82) is 0 Å². The first-order valence-corrected chi connectivity index (χ1v) is 6.33. The quantitative estimate of drug-likeness (QED) is 0.853. The average molecular weight is 265 g/mol. The van der Waals surface area contributed by atoms with Crippen LogP contribution >= 0.6 is 12.6 Å². The summed E-state index contributed by atoms with van der Waals surface area (Å²) in [6.45, 7) is 0.786. The largest absolute Gasteiger partial charge is 0.445 e. The fourth-order valence-corrected chi connectivity index (χ4v) is 2.31. The highest BCUT2D eigenvalue weighted by Gasteiger charge is 2.33. The van der Waals surface area contributed by atoms with Crippen LogP contribution in [0.4, 0.5) is 4.79 Å². The Labute approximate surface area is 111 Å². The van der Waals surface area contributed by atoms with Gasteiger partial charge in [-0.2, -0.15) is 0 Å². The number of carbonyl (C=O) groups is 2. The summed E-state index contributed by atoms with van der Waals surface area (Å²) in [5.74, 6) is 0. The number of benzene rings is 1. The summed E-state index contributed by atoms with van der Waals surface area (Å²) in [6, 6.07) is 9.02. The van der Waals surface area contributed by atoms with Gasteiger partial charge < -0.3 is 4.74 Å². The van der Waals surface area contributed by atoms with E-state index in [0.29, 0.717) is 13.0 Å². The predicted octanol–water partition coefficient (Wildman–Crippen LogP) is 2.24. The van der Waals surface area contributed by atoms with E-state index in [2.05, 4.69) is 12.6 Å². The molecule has 0 aromatic heterocycles. The van der Waals surface area contributed by atoms with Crippen LogP contribution in [0.3, 0.4) is 0 Å². The lowest BCUT2D eigenvalue weighted by molar-refractivity contribution is -0.114. The predicted molar refractivity (Wildman–Crippen MR) is 70.3 cm³/mol. The minimum absolute atomic E-state index is 0.226. The molecule has 0 N–H and O–H groups in total. The minimum atomic E-state index is -0.441. The van der Waals surface area contributed by atoms with E-state index in [4.69, 9.17) is 4.74 Å². The van der Waals surface area contributed by atoms with Gasteiger partial charge in [-0.15, -0.1) is 12.6 Å². The Bertz CT molecular complexity index is 435. The normalized spacial score (nSPS) is 18.7. The third-order valence-corrected chi connectivity index (χ3v) is 3.28. The van der Waals surface area contributed by atoms with Gasteiger partial charge >= 0.3 is 6.09 Å². The van der Waals surface area contributed by atoms with Gasteiger partial charge in [0.1, 0.15) is 12.6 Å². The summed E-state index contributed by atoms with van der Waals surface area (Å²) >= 11 is 3.80. The van der Waals surface area contributed by atoms with E-state index in [1.807, 2.05) is 30.3 Å². The summed E-state index contributed by atoms with van der Waals surface area (Å²) in [6.07, 6.45) is 1.05. The van der Waals surface area contributed by atoms with Crippen LogP contribution in [0.15, 0.2) is 30.3 Å². The van der Waals surface area contributed by atoms with Crippen molar-refractivity contribution in [3.63, 3.8) is 0 Å². The molecule has 1 saturated heterocycles. The number of nitrogens with zero attached hydrogens (tertiary/aromatic N) is 1. The smallest absolute Gasteiger partial charge is 0.410 e. The number of carbonyl (C=O) groups excluding carboxylic acids is 2. The van der Waals surface area contributed by atoms with Crippen LogP contribution in [0.1, 0.15) is 18.4 Å². The fourth-order valence-electron chi connectivity index (χ4n) is 2.04. The van der Waals surface area contributed by atoms with Crippen LogP contribution in [0, 0.1) is 0 Å². The maximum Gasteiger partial charge on any atom is 0.410 e. The summed E-state index contributed by atoms with van der Waals surface area (Å²) < 4.78 is 5.19. The van der Waals surface area contributed by atoms with Crippen LogP contribution in [0.5, 0.6) is 0 Å². The van der Waals surface area contributed by atoms with Gasteiger partial charge in [-0.25, -0.2) is 4.79 Å². The van der Waals surface area contributed by atoms with Crippen molar-refractivity contribution in [1.82, 2.24) is 4.90 Å². The fraction of sp³-hybridized carbons (Fsp3) is 0.385. The molecule has 0 spiro atoms. The molecule has 0 radical (unpaired) electrons. The minimum Gasteiger partial charge on any atom is -0.445 e. The van der Waals surface area contributed by atoms with Gasteiger partial charge in [0.2, 0.25) is 5.12 Å². The molecule has 1 heterocycles. The molecule has 0 saturated carbocycles. The van der Waals surface area contributed by atoms with Crippen LogP contribution < -0.4 is 0 Å². The maximum absolute atomic E-state index is 11.9. The first-order valence-electron chi connectivity index (χ1n) is 5.88. The molecule has 1 aliphatic rings. The van der Waals surface area contributed by atoms with Crippen LogP contribution in [0.2, 0.25) is 0 Å². The van der Waals surface area contributed by atoms with Crippen LogP contribution in [-0.4, -0.2) is 28.7 Å². The Kier molecular flexibility index (Phi) is 4.25. The number of ether oxygens (including phenoxy) is 1. The SMILES string of the molecule is O=C(S)[C@@H]1CCCN1C(=O)OCc1ccccc1. The maximum atomic E-state index is 11.9. The van der Waals surface area contributed by atoms with E-state index >= 15 is 0 Å². The third-order valence-electron chi connectivity index (χ3n) is 2.98. The van der Waals surface area contributed by atoms with Gasteiger partial charge in [0.25, 0.3) is 0 Å². The molecule has 1 aliphatic heterocycles. The summed E-state index contributed by atoms with van der Waals surface area (Å²) in [5.41, 5.74) is 0.929. The highest BCUT2D eigenvalue weighted by molar-refractivity contribution is 7.96. The summed E-state index contributed by atoms with van der Waals surface area (Å²) in [7, 11) is 0. The van der Waals surface area contributed by atoms with Gasteiger partial charge in [-0.1, -0.05) is 30.3 Å². The lowest BCUT2D eigenvalue weighted by atomic mass is 10.2. The van der Waals surface area contributed by atoms with Gasteiger partial charge in [-0.05, 0) is 18.4 Å². The van der Waals surface area contributed by atoms with E-state index < -0.39 is 12.1 Å². The number of rotatable bonds is 3. The first kappa shape index (κ1) is 13.0. The van der Waals surface area contributed by atoms with Crippen molar-refractivity contribution in [2.24, 2.45) is 0 Å². The molecule has 1 amide bonds. The van der Waals surface area contributed by atoms with E-state index in [1.54, 1.807) is 0 Å². The molecule has 96 valence electrons. The number of likely N-dealkylation sites (tertiary alicyclic amines) is 1. The Balaban J connectivity index is 1.90. The molecule has 2 rings (SSSR count). The van der Waals surface area contributed by atoms with Gasteiger partial charge in [0.05, 0.1) is 0 Å². The molecule has 0 aliphatic carbocycles. The molecule has 1 fully saturated rings. The molecule has 1 aromatic rings.